The van der Waals surface area contributed by atoms with E-state index in [-0.39, 0.29) is 17.9 Å². The zero-order valence-corrected chi connectivity index (χ0v) is 14.6. The highest BCUT2D eigenvalue weighted by Crippen LogP contribution is 2.25. The number of ether oxygens (including phenoxy) is 2. The number of hydrogen-bond acceptors (Lipinski definition) is 5. The molecule has 0 radical (unpaired) electrons. The fourth-order valence-corrected chi connectivity index (χ4v) is 3.14. The highest BCUT2D eigenvalue weighted by Gasteiger charge is 2.32. The second-order valence-electron chi connectivity index (χ2n) is 6.08. The Morgan fingerprint density at radius 2 is 2.04 bits per heavy atom. The number of aromatic nitrogens is 2. The van der Waals surface area contributed by atoms with E-state index in [0.717, 1.165) is 18.4 Å². The highest BCUT2D eigenvalue weighted by atomic mass is 16.5. The molecule has 0 saturated carbocycles. The summed E-state index contributed by atoms with van der Waals surface area (Å²) in [6.07, 6.45) is 4.59. The van der Waals surface area contributed by atoms with Gasteiger partial charge >= 0.3 is 0 Å². The van der Waals surface area contributed by atoms with Gasteiger partial charge in [-0.05, 0) is 12.0 Å². The molecule has 6 heteroatoms. The van der Waals surface area contributed by atoms with Crippen LogP contribution < -0.4 is 9.47 Å². The Labute approximate surface area is 147 Å². The topological polar surface area (TPSA) is 64.6 Å². The molecular formula is C19H23N3O3. The van der Waals surface area contributed by atoms with Crippen molar-refractivity contribution in [2.45, 2.75) is 31.8 Å². The zero-order chi connectivity index (χ0) is 17.6. The van der Waals surface area contributed by atoms with Crippen molar-refractivity contribution in [3.63, 3.8) is 0 Å². The van der Waals surface area contributed by atoms with E-state index in [9.17, 15) is 4.79 Å². The molecule has 132 valence electrons. The van der Waals surface area contributed by atoms with E-state index in [0.29, 0.717) is 24.8 Å². The predicted octanol–water partition coefficient (Wildman–Crippen LogP) is 2.66. The van der Waals surface area contributed by atoms with Crippen molar-refractivity contribution in [1.82, 2.24) is 14.9 Å². The first-order valence-corrected chi connectivity index (χ1v) is 8.57. The van der Waals surface area contributed by atoms with Gasteiger partial charge in [0.15, 0.2) is 0 Å². The molecule has 2 unspecified atom stereocenters. The Morgan fingerprint density at radius 1 is 1.28 bits per heavy atom. The Bertz CT molecular complexity index is 708. The summed E-state index contributed by atoms with van der Waals surface area (Å²) in [5, 5.41) is 0. The van der Waals surface area contributed by atoms with E-state index in [4.69, 9.17) is 9.47 Å². The van der Waals surface area contributed by atoms with Crippen LogP contribution >= 0.6 is 0 Å². The van der Waals surface area contributed by atoms with Gasteiger partial charge < -0.3 is 14.4 Å². The van der Waals surface area contributed by atoms with Crippen LogP contribution in [0.2, 0.25) is 0 Å². The summed E-state index contributed by atoms with van der Waals surface area (Å²) in [6, 6.07) is 9.95. The lowest BCUT2D eigenvalue weighted by molar-refractivity contribution is -0.132. The van der Waals surface area contributed by atoms with Gasteiger partial charge in [-0.25, -0.2) is 0 Å². The van der Waals surface area contributed by atoms with Gasteiger partial charge in [-0.3, -0.25) is 9.78 Å². The first-order valence-electron chi connectivity index (χ1n) is 8.57. The van der Waals surface area contributed by atoms with Gasteiger partial charge in [0.1, 0.15) is 6.10 Å². The SMILES string of the molecule is CCC(C(=O)N1CCC(Oc2cncc(OC)n2)C1)c1ccccc1. The van der Waals surface area contributed by atoms with Crippen molar-refractivity contribution < 1.29 is 14.3 Å². The maximum atomic E-state index is 12.9. The Balaban J connectivity index is 1.62. The molecule has 1 saturated heterocycles. The van der Waals surface area contributed by atoms with Crippen LogP contribution in [0.15, 0.2) is 42.7 Å². The number of hydrogen-bond donors (Lipinski definition) is 0. The summed E-state index contributed by atoms with van der Waals surface area (Å²) in [7, 11) is 1.54. The zero-order valence-electron chi connectivity index (χ0n) is 14.6. The number of nitrogens with zero attached hydrogens (tertiary/aromatic N) is 3. The Kier molecular flexibility index (Phi) is 5.48. The number of carbonyl (C=O) groups excluding carboxylic acids is 1. The third-order valence-electron chi connectivity index (χ3n) is 4.45. The second-order valence-corrected chi connectivity index (χ2v) is 6.08. The molecule has 0 spiro atoms. The minimum atomic E-state index is -0.100. The molecule has 1 aromatic carbocycles. The summed E-state index contributed by atoms with van der Waals surface area (Å²) < 4.78 is 10.9. The second kappa shape index (κ2) is 7.96. The normalized spacial score (nSPS) is 18.0. The van der Waals surface area contributed by atoms with E-state index in [1.165, 1.54) is 13.3 Å². The van der Waals surface area contributed by atoms with Crippen LogP contribution in [0, 0.1) is 0 Å². The average molecular weight is 341 g/mol. The summed E-state index contributed by atoms with van der Waals surface area (Å²) >= 11 is 0. The molecule has 3 rings (SSSR count). The van der Waals surface area contributed by atoms with E-state index in [1.54, 1.807) is 6.20 Å². The van der Waals surface area contributed by atoms with Gasteiger partial charge in [0.25, 0.3) is 0 Å². The van der Waals surface area contributed by atoms with Crippen molar-refractivity contribution in [2.75, 3.05) is 20.2 Å². The van der Waals surface area contributed by atoms with Gasteiger partial charge in [-0.2, -0.15) is 4.98 Å². The van der Waals surface area contributed by atoms with E-state index in [2.05, 4.69) is 9.97 Å². The average Bonchev–Trinajstić information content (AvgIpc) is 3.12. The first-order chi connectivity index (χ1) is 12.2. The Morgan fingerprint density at radius 3 is 2.76 bits per heavy atom. The van der Waals surface area contributed by atoms with Gasteiger partial charge in [0.2, 0.25) is 17.7 Å². The molecule has 1 aromatic heterocycles. The van der Waals surface area contributed by atoms with E-state index in [1.807, 2.05) is 42.2 Å². The minimum Gasteiger partial charge on any atom is -0.480 e. The van der Waals surface area contributed by atoms with Crippen molar-refractivity contribution in [1.29, 1.82) is 0 Å². The third kappa shape index (κ3) is 4.07. The maximum absolute atomic E-state index is 12.9. The number of rotatable bonds is 6. The first kappa shape index (κ1) is 17.2. The van der Waals surface area contributed by atoms with Crippen LogP contribution in [0.5, 0.6) is 11.8 Å². The number of amides is 1. The monoisotopic (exact) mass is 341 g/mol. The van der Waals surface area contributed by atoms with Gasteiger partial charge in [0.05, 0.1) is 32.0 Å². The van der Waals surface area contributed by atoms with Crippen molar-refractivity contribution in [2.24, 2.45) is 0 Å². The lowest BCUT2D eigenvalue weighted by atomic mass is 9.95. The Hall–Kier alpha value is -2.63. The molecular weight excluding hydrogens is 318 g/mol. The largest absolute Gasteiger partial charge is 0.480 e. The molecule has 25 heavy (non-hydrogen) atoms. The molecule has 0 bridgehead atoms. The van der Waals surface area contributed by atoms with Gasteiger partial charge in [-0.1, -0.05) is 37.3 Å². The molecule has 0 aliphatic carbocycles. The number of likely N-dealkylation sites (tertiary alicyclic amines) is 1. The van der Waals surface area contributed by atoms with Crippen LogP contribution in [0.1, 0.15) is 31.2 Å². The maximum Gasteiger partial charge on any atom is 0.235 e. The molecule has 1 aliphatic heterocycles. The lowest BCUT2D eigenvalue weighted by Crippen LogP contribution is -2.34. The quantitative estimate of drug-likeness (QED) is 0.808. The molecule has 2 aromatic rings. The molecule has 0 N–H and O–H groups in total. The lowest BCUT2D eigenvalue weighted by Gasteiger charge is -2.23. The minimum absolute atomic E-state index is 0.0707. The highest BCUT2D eigenvalue weighted by molar-refractivity contribution is 5.84. The van der Waals surface area contributed by atoms with E-state index >= 15 is 0 Å². The molecule has 1 fully saturated rings. The molecule has 1 aliphatic rings. The van der Waals surface area contributed by atoms with Gasteiger partial charge in [0, 0.05) is 13.0 Å². The van der Waals surface area contributed by atoms with E-state index < -0.39 is 0 Å². The standard InChI is InChI=1S/C19H23N3O3/c1-3-16(14-7-5-4-6-8-14)19(23)22-10-9-15(13-22)25-18-12-20-11-17(21-18)24-2/h4-8,11-12,15-16H,3,9-10,13H2,1-2H3. The fraction of sp³-hybridized carbons (Fsp3) is 0.421. The van der Waals surface area contributed by atoms with Crippen molar-refractivity contribution in [3.05, 3.63) is 48.3 Å². The molecule has 1 amide bonds. The summed E-state index contributed by atoms with van der Waals surface area (Å²) in [4.78, 5) is 23.0. The summed E-state index contributed by atoms with van der Waals surface area (Å²) in [6.45, 7) is 3.32. The fourth-order valence-electron chi connectivity index (χ4n) is 3.14. The summed E-state index contributed by atoms with van der Waals surface area (Å²) in [5.41, 5.74) is 1.07. The van der Waals surface area contributed by atoms with Crippen LogP contribution in [-0.2, 0) is 4.79 Å². The van der Waals surface area contributed by atoms with Crippen LogP contribution in [0.4, 0.5) is 0 Å². The summed E-state index contributed by atoms with van der Waals surface area (Å²) in [5.74, 6) is 0.903. The molecule has 2 atom stereocenters. The third-order valence-corrected chi connectivity index (χ3v) is 4.45. The number of methoxy groups -OCH3 is 1. The van der Waals surface area contributed by atoms with Gasteiger partial charge in [-0.15, -0.1) is 0 Å². The van der Waals surface area contributed by atoms with Crippen LogP contribution in [-0.4, -0.2) is 47.1 Å². The van der Waals surface area contributed by atoms with Crippen molar-refractivity contribution >= 4 is 5.91 Å². The van der Waals surface area contributed by atoms with Crippen LogP contribution in [0.3, 0.4) is 0 Å². The molecule has 6 nitrogen and oxygen atoms in total. The smallest absolute Gasteiger partial charge is 0.235 e. The predicted molar refractivity (Wildman–Crippen MR) is 93.7 cm³/mol. The number of carbonyl (C=O) groups is 1. The molecule has 2 heterocycles. The van der Waals surface area contributed by atoms with Crippen LogP contribution in [0.25, 0.3) is 0 Å². The number of benzene rings is 1. The van der Waals surface area contributed by atoms with Crippen molar-refractivity contribution in [3.8, 4) is 11.8 Å².